The number of likely N-dealkylation sites (tertiary alicyclic amines) is 1. The Balaban J connectivity index is 2.13. The van der Waals surface area contributed by atoms with Crippen LogP contribution in [-0.4, -0.2) is 28.2 Å². The summed E-state index contributed by atoms with van der Waals surface area (Å²) in [6.07, 6.45) is 2.74. The van der Waals surface area contributed by atoms with Crippen LogP contribution in [-0.2, 0) is 9.59 Å². The van der Waals surface area contributed by atoms with E-state index in [1.807, 2.05) is 0 Å². The summed E-state index contributed by atoms with van der Waals surface area (Å²) in [5, 5.41) is 0. The normalized spacial score (nSPS) is 33.3. The Morgan fingerprint density at radius 2 is 1.88 bits per heavy atom. The molecule has 88 valence electrons. The Hall–Kier alpha value is -0.970. The van der Waals surface area contributed by atoms with E-state index in [0.29, 0.717) is 5.92 Å². The summed E-state index contributed by atoms with van der Waals surface area (Å²) in [5.74, 6) is 0.172. The number of hydrogen-bond donors (Lipinski definition) is 1. The van der Waals surface area contributed by atoms with E-state index in [2.05, 4.69) is 6.92 Å². The molecule has 1 aliphatic heterocycles. The van der Waals surface area contributed by atoms with Gasteiger partial charge in [-0.2, -0.15) is 0 Å². The lowest BCUT2D eigenvalue weighted by Crippen LogP contribution is -2.38. The van der Waals surface area contributed by atoms with Crippen LogP contribution in [0.1, 0.15) is 26.2 Å². The molecule has 2 N–H and O–H groups in total. The topological polar surface area (TPSA) is 63.4 Å². The summed E-state index contributed by atoms with van der Waals surface area (Å²) in [4.78, 5) is 25.4. The van der Waals surface area contributed by atoms with Crippen molar-refractivity contribution in [3.05, 3.63) is 0 Å². The van der Waals surface area contributed by atoms with Crippen molar-refractivity contribution in [3.8, 4) is 0 Å². The fourth-order valence-electron chi connectivity index (χ4n) is 2.84. The number of thiocarbonyl (C=S) groups is 1. The van der Waals surface area contributed by atoms with E-state index in [1.54, 1.807) is 0 Å². The molecule has 1 heterocycles. The van der Waals surface area contributed by atoms with Gasteiger partial charge in [-0.15, -0.1) is 0 Å². The van der Waals surface area contributed by atoms with Crippen molar-refractivity contribution in [1.29, 1.82) is 0 Å². The first-order valence-electron chi connectivity index (χ1n) is 5.68. The quantitative estimate of drug-likeness (QED) is 0.582. The highest BCUT2D eigenvalue weighted by Crippen LogP contribution is 2.44. The van der Waals surface area contributed by atoms with Gasteiger partial charge in [0.25, 0.3) is 0 Å². The average Bonchev–Trinajstić information content (AvgIpc) is 2.74. The van der Waals surface area contributed by atoms with E-state index < -0.39 is 0 Å². The molecule has 1 saturated carbocycles. The van der Waals surface area contributed by atoms with Gasteiger partial charge in [0.2, 0.25) is 11.8 Å². The van der Waals surface area contributed by atoms with Crippen molar-refractivity contribution < 1.29 is 9.59 Å². The molecule has 2 atom stereocenters. The molecular weight excluding hydrogens is 224 g/mol. The van der Waals surface area contributed by atoms with E-state index in [4.69, 9.17) is 18.0 Å². The van der Waals surface area contributed by atoms with Crippen molar-refractivity contribution in [3.63, 3.8) is 0 Å². The lowest BCUT2D eigenvalue weighted by atomic mass is 10.00. The first-order chi connectivity index (χ1) is 7.54. The van der Waals surface area contributed by atoms with Crippen LogP contribution in [0.15, 0.2) is 0 Å². The predicted molar refractivity (Wildman–Crippen MR) is 63.5 cm³/mol. The molecule has 0 radical (unpaired) electrons. The van der Waals surface area contributed by atoms with E-state index >= 15 is 0 Å². The van der Waals surface area contributed by atoms with Gasteiger partial charge in [0.15, 0.2) is 0 Å². The number of hydrogen-bond acceptors (Lipinski definition) is 3. The Morgan fingerprint density at radius 1 is 1.38 bits per heavy atom. The molecule has 2 unspecified atom stereocenters. The molecule has 16 heavy (non-hydrogen) atoms. The van der Waals surface area contributed by atoms with Gasteiger partial charge in [0.05, 0.1) is 23.4 Å². The molecule has 0 aromatic carbocycles. The Morgan fingerprint density at radius 3 is 2.25 bits per heavy atom. The number of rotatable bonds is 3. The SMILES string of the molecule is CCC1CC2C(=O)N(CC(N)=S)C(=O)C2C1. The van der Waals surface area contributed by atoms with Gasteiger partial charge in [-0.3, -0.25) is 14.5 Å². The third-order valence-electron chi connectivity index (χ3n) is 3.72. The van der Waals surface area contributed by atoms with Crippen LogP contribution in [0.4, 0.5) is 0 Å². The lowest BCUT2D eigenvalue weighted by molar-refractivity contribution is -0.139. The van der Waals surface area contributed by atoms with E-state index in [0.717, 1.165) is 19.3 Å². The van der Waals surface area contributed by atoms with Crippen molar-refractivity contribution in [2.75, 3.05) is 6.54 Å². The van der Waals surface area contributed by atoms with Gasteiger partial charge in [-0.05, 0) is 18.8 Å². The first kappa shape index (κ1) is 11.5. The molecule has 2 fully saturated rings. The Kier molecular flexibility index (Phi) is 2.97. The van der Waals surface area contributed by atoms with Gasteiger partial charge >= 0.3 is 0 Å². The minimum absolute atomic E-state index is 0.0706. The van der Waals surface area contributed by atoms with Crippen molar-refractivity contribution in [1.82, 2.24) is 4.90 Å². The smallest absolute Gasteiger partial charge is 0.233 e. The maximum Gasteiger partial charge on any atom is 0.233 e. The number of nitrogens with two attached hydrogens (primary N) is 1. The molecule has 0 bridgehead atoms. The summed E-state index contributed by atoms with van der Waals surface area (Å²) in [6.45, 7) is 2.21. The standard InChI is InChI=1S/C11H16N2O2S/c1-2-6-3-7-8(4-6)11(15)13(10(7)14)5-9(12)16/h6-8H,2-5H2,1H3,(H2,12,16). The number of nitrogens with zero attached hydrogens (tertiary/aromatic N) is 1. The van der Waals surface area contributed by atoms with Crippen molar-refractivity contribution in [2.45, 2.75) is 26.2 Å². The number of amides is 2. The molecule has 0 spiro atoms. The summed E-state index contributed by atoms with van der Waals surface area (Å²) in [5.41, 5.74) is 5.39. The first-order valence-corrected chi connectivity index (χ1v) is 6.09. The second-order valence-corrected chi connectivity index (χ2v) is 5.21. The highest BCUT2D eigenvalue weighted by molar-refractivity contribution is 7.80. The van der Waals surface area contributed by atoms with Crippen LogP contribution >= 0.6 is 12.2 Å². The molecule has 2 aliphatic rings. The number of fused-ring (bicyclic) bond motifs is 1. The van der Waals surface area contributed by atoms with Crippen LogP contribution in [0.3, 0.4) is 0 Å². The molecule has 4 nitrogen and oxygen atoms in total. The van der Waals surface area contributed by atoms with Crippen LogP contribution in [0.5, 0.6) is 0 Å². The Labute approximate surface area is 100 Å². The maximum atomic E-state index is 12.0. The highest BCUT2D eigenvalue weighted by atomic mass is 32.1. The zero-order valence-electron chi connectivity index (χ0n) is 9.31. The Bertz CT molecular complexity index is 332. The molecule has 1 aliphatic carbocycles. The summed E-state index contributed by atoms with van der Waals surface area (Å²) >= 11 is 4.75. The van der Waals surface area contributed by atoms with Gasteiger partial charge in [-0.1, -0.05) is 25.6 Å². The van der Waals surface area contributed by atoms with Gasteiger partial charge in [-0.25, -0.2) is 0 Å². The van der Waals surface area contributed by atoms with Crippen LogP contribution in [0.2, 0.25) is 0 Å². The zero-order valence-corrected chi connectivity index (χ0v) is 10.1. The minimum atomic E-state index is -0.105. The number of imide groups is 1. The third-order valence-corrected chi connectivity index (χ3v) is 3.85. The largest absolute Gasteiger partial charge is 0.392 e. The van der Waals surface area contributed by atoms with Crippen LogP contribution < -0.4 is 5.73 Å². The van der Waals surface area contributed by atoms with Crippen molar-refractivity contribution >= 4 is 29.0 Å². The summed E-state index contributed by atoms with van der Waals surface area (Å²) < 4.78 is 0. The zero-order chi connectivity index (χ0) is 11.9. The lowest BCUT2D eigenvalue weighted by Gasteiger charge is -2.16. The minimum Gasteiger partial charge on any atom is -0.392 e. The fraction of sp³-hybridized carbons (Fsp3) is 0.727. The van der Waals surface area contributed by atoms with Crippen LogP contribution in [0, 0.1) is 17.8 Å². The van der Waals surface area contributed by atoms with E-state index in [9.17, 15) is 9.59 Å². The summed E-state index contributed by atoms with van der Waals surface area (Å²) in [6, 6.07) is 0. The molecular formula is C11H16N2O2S. The van der Waals surface area contributed by atoms with Crippen LogP contribution in [0.25, 0.3) is 0 Å². The van der Waals surface area contributed by atoms with Gasteiger partial charge < -0.3 is 5.73 Å². The second kappa shape index (κ2) is 4.13. The molecule has 2 rings (SSSR count). The highest BCUT2D eigenvalue weighted by Gasteiger charge is 2.52. The van der Waals surface area contributed by atoms with Gasteiger partial charge in [0.1, 0.15) is 0 Å². The monoisotopic (exact) mass is 240 g/mol. The third kappa shape index (κ3) is 1.73. The molecule has 0 aromatic rings. The molecule has 2 amide bonds. The summed E-state index contributed by atoms with van der Waals surface area (Å²) in [7, 11) is 0. The van der Waals surface area contributed by atoms with Crippen molar-refractivity contribution in [2.24, 2.45) is 23.5 Å². The van der Waals surface area contributed by atoms with E-state index in [-0.39, 0.29) is 35.2 Å². The average molecular weight is 240 g/mol. The maximum absolute atomic E-state index is 12.0. The van der Waals surface area contributed by atoms with E-state index in [1.165, 1.54) is 4.90 Å². The predicted octanol–water partition coefficient (Wildman–Crippen LogP) is 0.694. The molecule has 1 saturated heterocycles. The molecule has 5 heteroatoms. The number of carbonyl (C=O) groups is 2. The fourth-order valence-corrected chi connectivity index (χ4v) is 2.97. The molecule has 0 aromatic heterocycles. The second-order valence-electron chi connectivity index (χ2n) is 4.69. The van der Waals surface area contributed by atoms with Gasteiger partial charge in [0, 0.05) is 0 Å². The number of carbonyl (C=O) groups excluding carboxylic acids is 2.